The lowest BCUT2D eigenvalue weighted by Gasteiger charge is -2.21. The van der Waals surface area contributed by atoms with Gasteiger partial charge in [-0.25, -0.2) is 0 Å². The van der Waals surface area contributed by atoms with Crippen LogP contribution in [-0.2, 0) is 0 Å². The van der Waals surface area contributed by atoms with E-state index in [2.05, 4.69) is 18.9 Å². The standard InChI is InChI=1S/C9H17N/c1-7-6-8-4-3-5-9(8)10(7)2/h7-9H,3-6H2,1-2H3/t7-,8+,9+/m1/s1. The summed E-state index contributed by atoms with van der Waals surface area (Å²) < 4.78 is 0. The Bertz CT molecular complexity index is 131. The molecular formula is C9H17N. The second-order valence-electron chi connectivity index (χ2n) is 4.01. The smallest absolute Gasteiger partial charge is 0.0124 e. The van der Waals surface area contributed by atoms with Gasteiger partial charge >= 0.3 is 0 Å². The molecule has 1 heterocycles. The van der Waals surface area contributed by atoms with E-state index in [1.54, 1.807) is 0 Å². The van der Waals surface area contributed by atoms with Gasteiger partial charge < -0.3 is 4.90 Å². The normalized spacial score (nSPS) is 48.0. The fourth-order valence-electron chi connectivity index (χ4n) is 2.76. The van der Waals surface area contributed by atoms with Gasteiger partial charge in [-0.05, 0) is 39.2 Å². The quantitative estimate of drug-likeness (QED) is 0.495. The van der Waals surface area contributed by atoms with Gasteiger partial charge in [-0.3, -0.25) is 0 Å². The summed E-state index contributed by atoms with van der Waals surface area (Å²) in [4.78, 5) is 2.58. The summed E-state index contributed by atoms with van der Waals surface area (Å²) in [6.07, 6.45) is 5.90. The summed E-state index contributed by atoms with van der Waals surface area (Å²) in [6, 6.07) is 1.81. The number of rotatable bonds is 0. The van der Waals surface area contributed by atoms with Crippen LogP contribution in [-0.4, -0.2) is 24.0 Å². The van der Waals surface area contributed by atoms with Crippen LogP contribution < -0.4 is 0 Å². The molecule has 0 N–H and O–H groups in total. The molecule has 3 atom stereocenters. The van der Waals surface area contributed by atoms with Crippen molar-refractivity contribution in [2.75, 3.05) is 7.05 Å². The Labute approximate surface area is 63.4 Å². The van der Waals surface area contributed by atoms with Crippen LogP contribution in [0.3, 0.4) is 0 Å². The van der Waals surface area contributed by atoms with Gasteiger partial charge in [0.2, 0.25) is 0 Å². The minimum atomic E-state index is 0.857. The van der Waals surface area contributed by atoms with E-state index in [-0.39, 0.29) is 0 Å². The van der Waals surface area contributed by atoms with Crippen molar-refractivity contribution in [2.45, 2.75) is 44.7 Å². The first-order chi connectivity index (χ1) is 4.79. The zero-order valence-electron chi connectivity index (χ0n) is 7.01. The zero-order chi connectivity index (χ0) is 7.14. The first-order valence-corrected chi connectivity index (χ1v) is 4.51. The lowest BCUT2D eigenvalue weighted by atomic mass is 10.0. The monoisotopic (exact) mass is 139 g/mol. The molecule has 2 rings (SSSR count). The predicted molar refractivity (Wildman–Crippen MR) is 43.0 cm³/mol. The van der Waals surface area contributed by atoms with Gasteiger partial charge in [-0.15, -0.1) is 0 Å². The highest BCUT2D eigenvalue weighted by molar-refractivity contribution is 4.93. The Balaban J connectivity index is 2.09. The van der Waals surface area contributed by atoms with E-state index in [9.17, 15) is 0 Å². The summed E-state index contributed by atoms with van der Waals surface area (Å²) in [7, 11) is 2.29. The molecule has 58 valence electrons. The van der Waals surface area contributed by atoms with Crippen molar-refractivity contribution < 1.29 is 0 Å². The van der Waals surface area contributed by atoms with E-state index in [0.717, 1.165) is 18.0 Å². The Morgan fingerprint density at radius 1 is 1.30 bits per heavy atom. The molecule has 10 heavy (non-hydrogen) atoms. The van der Waals surface area contributed by atoms with Crippen LogP contribution in [0.1, 0.15) is 32.6 Å². The zero-order valence-corrected chi connectivity index (χ0v) is 7.01. The van der Waals surface area contributed by atoms with Crippen LogP contribution >= 0.6 is 0 Å². The lowest BCUT2D eigenvalue weighted by molar-refractivity contribution is 0.245. The molecule has 0 unspecified atom stereocenters. The highest BCUT2D eigenvalue weighted by Gasteiger charge is 2.39. The minimum Gasteiger partial charge on any atom is -0.300 e. The fraction of sp³-hybridized carbons (Fsp3) is 1.00. The summed E-state index contributed by atoms with van der Waals surface area (Å²) in [5.74, 6) is 1.06. The van der Waals surface area contributed by atoms with E-state index in [0.29, 0.717) is 0 Å². The van der Waals surface area contributed by atoms with Gasteiger partial charge in [0.25, 0.3) is 0 Å². The molecule has 1 saturated heterocycles. The third kappa shape index (κ3) is 0.800. The van der Waals surface area contributed by atoms with Gasteiger partial charge in [-0.1, -0.05) is 6.42 Å². The van der Waals surface area contributed by atoms with Gasteiger partial charge in [0.15, 0.2) is 0 Å². The van der Waals surface area contributed by atoms with Crippen LogP contribution in [0.15, 0.2) is 0 Å². The molecule has 1 aliphatic carbocycles. The molecule has 0 amide bonds. The molecular weight excluding hydrogens is 122 g/mol. The third-order valence-electron chi connectivity index (χ3n) is 3.48. The molecule has 0 aromatic carbocycles. The van der Waals surface area contributed by atoms with Gasteiger partial charge in [-0.2, -0.15) is 0 Å². The Kier molecular flexibility index (Phi) is 1.48. The maximum Gasteiger partial charge on any atom is 0.0124 e. The summed E-state index contributed by atoms with van der Waals surface area (Å²) >= 11 is 0. The van der Waals surface area contributed by atoms with Crippen molar-refractivity contribution in [3.63, 3.8) is 0 Å². The number of fused-ring (bicyclic) bond motifs is 1. The molecule has 1 nitrogen and oxygen atoms in total. The molecule has 0 aromatic heterocycles. The van der Waals surface area contributed by atoms with E-state index in [1.165, 1.54) is 25.7 Å². The Morgan fingerprint density at radius 2 is 2.10 bits per heavy atom. The van der Waals surface area contributed by atoms with Crippen LogP contribution in [0.25, 0.3) is 0 Å². The average Bonchev–Trinajstić information content (AvgIpc) is 2.41. The molecule has 1 saturated carbocycles. The molecule has 0 radical (unpaired) electrons. The van der Waals surface area contributed by atoms with E-state index in [4.69, 9.17) is 0 Å². The molecule has 2 fully saturated rings. The second kappa shape index (κ2) is 2.23. The van der Waals surface area contributed by atoms with E-state index in [1.807, 2.05) is 0 Å². The number of nitrogens with zero attached hydrogens (tertiary/aromatic N) is 1. The van der Waals surface area contributed by atoms with Crippen molar-refractivity contribution in [3.8, 4) is 0 Å². The highest BCUT2D eigenvalue weighted by atomic mass is 15.2. The molecule has 2 aliphatic rings. The van der Waals surface area contributed by atoms with E-state index >= 15 is 0 Å². The van der Waals surface area contributed by atoms with Gasteiger partial charge in [0.1, 0.15) is 0 Å². The van der Waals surface area contributed by atoms with Crippen molar-refractivity contribution >= 4 is 0 Å². The first kappa shape index (κ1) is 6.66. The van der Waals surface area contributed by atoms with Crippen molar-refractivity contribution in [2.24, 2.45) is 5.92 Å². The maximum atomic E-state index is 2.58. The van der Waals surface area contributed by atoms with Crippen molar-refractivity contribution in [1.82, 2.24) is 4.90 Å². The van der Waals surface area contributed by atoms with Crippen LogP contribution in [0.5, 0.6) is 0 Å². The Hall–Kier alpha value is -0.0400. The minimum absolute atomic E-state index is 0.857. The first-order valence-electron chi connectivity index (χ1n) is 4.51. The van der Waals surface area contributed by atoms with Crippen LogP contribution in [0.2, 0.25) is 0 Å². The molecule has 0 aromatic rings. The lowest BCUT2D eigenvalue weighted by Crippen LogP contribution is -2.30. The van der Waals surface area contributed by atoms with Gasteiger partial charge in [0.05, 0.1) is 0 Å². The summed E-state index contributed by atoms with van der Waals surface area (Å²) in [5, 5.41) is 0. The fourth-order valence-corrected chi connectivity index (χ4v) is 2.76. The topological polar surface area (TPSA) is 3.24 Å². The number of likely N-dealkylation sites (tertiary alicyclic amines) is 1. The predicted octanol–water partition coefficient (Wildman–Crippen LogP) is 1.88. The number of hydrogen-bond donors (Lipinski definition) is 0. The molecule has 0 bridgehead atoms. The molecule has 0 spiro atoms. The maximum absolute atomic E-state index is 2.58. The highest BCUT2D eigenvalue weighted by Crippen LogP contribution is 2.39. The Morgan fingerprint density at radius 3 is 2.80 bits per heavy atom. The largest absolute Gasteiger partial charge is 0.300 e. The van der Waals surface area contributed by atoms with Crippen molar-refractivity contribution in [1.29, 1.82) is 0 Å². The SMILES string of the molecule is C[C@@H]1C[C@@H]2CCC[C@@H]2N1C. The third-order valence-corrected chi connectivity index (χ3v) is 3.48. The average molecular weight is 139 g/mol. The van der Waals surface area contributed by atoms with Crippen LogP contribution in [0.4, 0.5) is 0 Å². The number of hydrogen-bond acceptors (Lipinski definition) is 1. The van der Waals surface area contributed by atoms with Gasteiger partial charge in [0, 0.05) is 12.1 Å². The van der Waals surface area contributed by atoms with Crippen molar-refractivity contribution in [3.05, 3.63) is 0 Å². The van der Waals surface area contributed by atoms with E-state index < -0.39 is 0 Å². The summed E-state index contributed by atoms with van der Waals surface area (Å²) in [6.45, 7) is 2.36. The second-order valence-corrected chi connectivity index (χ2v) is 4.01. The summed E-state index contributed by atoms with van der Waals surface area (Å²) in [5.41, 5.74) is 0. The van der Waals surface area contributed by atoms with Crippen LogP contribution in [0, 0.1) is 5.92 Å². The molecule has 1 aliphatic heterocycles. The molecule has 1 heteroatoms.